The van der Waals surface area contributed by atoms with Crippen molar-refractivity contribution in [1.82, 2.24) is 9.78 Å². The maximum atomic E-state index is 4.36. The van der Waals surface area contributed by atoms with E-state index in [1.807, 2.05) is 35.1 Å². The Bertz CT molecular complexity index is 448. The number of para-hydroxylation sites is 1. The highest BCUT2D eigenvalue weighted by molar-refractivity contribution is 5.44. The summed E-state index contributed by atoms with van der Waals surface area (Å²) in [6.45, 7) is 3.25. The van der Waals surface area contributed by atoms with E-state index in [0.29, 0.717) is 0 Å². The van der Waals surface area contributed by atoms with Crippen LogP contribution in [0.3, 0.4) is 0 Å². The monoisotopic (exact) mass is 243 g/mol. The molecule has 3 nitrogen and oxygen atoms in total. The Balaban J connectivity index is 1.92. The van der Waals surface area contributed by atoms with Crippen molar-refractivity contribution >= 4 is 5.82 Å². The summed E-state index contributed by atoms with van der Waals surface area (Å²) < 4.78 is 1.94. The van der Waals surface area contributed by atoms with Crippen molar-refractivity contribution in [3.63, 3.8) is 0 Å². The first-order valence-electron chi connectivity index (χ1n) is 6.75. The normalized spacial score (nSPS) is 10.5. The summed E-state index contributed by atoms with van der Waals surface area (Å²) in [7, 11) is 0. The molecular weight excluding hydrogens is 222 g/mol. The minimum Gasteiger partial charge on any atom is -0.370 e. The Morgan fingerprint density at radius 3 is 2.67 bits per heavy atom. The summed E-state index contributed by atoms with van der Waals surface area (Å²) in [4.78, 5) is 0. The number of anilines is 1. The Kier molecular flexibility index (Phi) is 4.82. The second-order valence-electron chi connectivity index (χ2n) is 4.45. The van der Waals surface area contributed by atoms with Crippen LogP contribution in [0.5, 0.6) is 0 Å². The molecule has 0 bridgehead atoms. The maximum Gasteiger partial charge on any atom is 0.129 e. The SMILES string of the molecule is CCCCCCNc1ccnn1-c1ccccc1. The van der Waals surface area contributed by atoms with Gasteiger partial charge in [-0.05, 0) is 18.6 Å². The van der Waals surface area contributed by atoms with Crippen LogP contribution in [0.2, 0.25) is 0 Å². The van der Waals surface area contributed by atoms with Gasteiger partial charge in [-0.15, -0.1) is 0 Å². The lowest BCUT2D eigenvalue weighted by molar-refractivity contribution is 0.682. The average molecular weight is 243 g/mol. The van der Waals surface area contributed by atoms with Crippen LogP contribution >= 0.6 is 0 Å². The highest BCUT2D eigenvalue weighted by Gasteiger charge is 2.02. The highest BCUT2D eigenvalue weighted by Crippen LogP contribution is 2.14. The van der Waals surface area contributed by atoms with E-state index in [2.05, 4.69) is 29.5 Å². The van der Waals surface area contributed by atoms with Crippen molar-refractivity contribution in [2.75, 3.05) is 11.9 Å². The van der Waals surface area contributed by atoms with Crippen molar-refractivity contribution in [2.45, 2.75) is 32.6 Å². The summed E-state index contributed by atoms with van der Waals surface area (Å²) in [5.41, 5.74) is 1.10. The molecule has 0 aliphatic rings. The van der Waals surface area contributed by atoms with E-state index in [0.717, 1.165) is 18.1 Å². The number of rotatable bonds is 7. The van der Waals surface area contributed by atoms with Gasteiger partial charge in [-0.25, -0.2) is 4.68 Å². The fourth-order valence-electron chi connectivity index (χ4n) is 1.98. The lowest BCUT2D eigenvalue weighted by atomic mass is 10.2. The van der Waals surface area contributed by atoms with Crippen LogP contribution in [0, 0.1) is 0 Å². The third-order valence-electron chi connectivity index (χ3n) is 2.98. The zero-order valence-electron chi connectivity index (χ0n) is 11.0. The Hall–Kier alpha value is -1.77. The first kappa shape index (κ1) is 12.7. The molecule has 1 N–H and O–H groups in total. The number of unbranched alkanes of at least 4 members (excludes halogenated alkanes) is 3. The van der Waals surface area contributed by atoms with Crippen LogP contribution in [0.1, 0.15) is 32.6 Å². The molecule has 0 fully saturated rings. The minimum absolute atomic E-state index is 1.01. The molecule has 96 valence electrons. The first-order chi connectivity index (χ1) is 8.92. The van der Waals surface area contributed by atoms with Gasteiger partial charge < -0.3 is 5.32 Å². The maximum absolute atomic E-state index is 4.36. The number of nitrogens with zero attached hydrogens (tertiary/aromatic N) is 2. The molecule has 0 saturated carbocycles. The van der Waals surface area contributed by atoms with Gasteiger partial charge in [-0.3, -0.25) is 0 Å². The minimum atomic E-state index is 1.01. The molecule has 0 radical (unpaired) electrons. The highest BCUT2D eigenvalue weighted by atomic mass is 15.3. The molecule has 0 aliphatic carbocycles. The molecule has 1 aromatic heterocycles. The molecule has 0 spiro atoms. The zero-order valence-corrected chi connectivity index (χ0v) is 11.0. The van der Waals surface area contributed by atoms with E-state index in [1.165, 1.54) is 25.7 Å². The van der Waals surface area contributed by atoms with Crippen molar-refractivity contribution < 1.29 is 0 Å². The fourth-order valence-corrected chi connectivity index (χ4v) is 1.98. The van der Waals surface area contributed by atoms with E-state index in [1.54, 1.807) is 0 Å². The Labute approximate surface area is 109 Å². The lowest BCUT2D eigenvalue weighted by Crippen LogP contribution is -2.07. The van der Waals surface area contributed by atoms with E-state index in [-0.39, 0.29) is 0 Å². The molecule has 0 atom stereocenters. The summed E-state index contributed by atoms with van der Waals surface area (Å²) >= 11 is 0. The molecule has 1 heterocycles. The lowest BCUT2D eigenvalue weighted by Gasteiger charge is -2.09. The second kappa shape index (κ2) is 6.84. The largest absolute Gasteiger partial charge is 0.370 e. The van der Waals surface area contributed by atoms with Gasteiger partial charge in [-0.2, -0.15) is 5.10 Å². The number of benzene rings is 1. The topological polar surface area (TPSA) is 29.9 Å². The molecule has 1 aromatic carbocycles. The standard InChI is InChI=1S/C15H21N3/c1-2-3-4-8-12-16-15-11-13-17-18(15)14-9-6-5-7-10-14/h5-7,9-11,13,16H,2-4,8,12H2,1H3. The van der Waals surface area contributed by atoms with Crippen LogP contribution in [0.4, 0.5) is 5.82 Å². The molecule has 2 rings (SSSR count). The average Bonchev–Trinajstić information content (AvgIpc) is 2.88. The van der Waals surface area contributed by atoms with Crippen LogP contribution < -0.4 is 5.32 Å². The molecular formula is C15H21N3. The van der Waals surface area contributed by atoms with E-state index in [9.17, 15) is 0 Å². The molecule has 18 heavy (non-hydrogen) atoms. The second-order valence-corrected chi connectivity index (χ2v) is 4.45. The molecule has 0 unspecified atom stereocenters. The van der Waals surface area contributed by atoms with Gasteiger partial charge in [0.2, 0.25) is 0 Å². The van der Waals surface area contributed by atoms with Crippen LogP contribution in [0.15, 0.2) is 42.6 Å². The Morgan fingerprint density at radius 2 is 1.89 bits per heavy atom. The summed E-state index contributed by atoms with van der Waals surface area (Å²) in [5, 5.41) is 7.81. The van der Waals surface area contributed by atoms with Gasteiger partial charge in [-0.1, -0.05) is 44.4 Å². The van der Waals surface area contributed by atoms with Crippen LogP contribution in [-0.4, -0.2) is 16.3 Å². The summed E-state index contributed by atoms with van der Waals surface area (Å²) in [6, 6.07) is 12.2. The smallest absolute Gasteiger partial charge is 0.129 e. The number of aromatic nitrogens is 2. The van der Waals surface area contributed by atoms with Crippen LogP contribution in [-0.2, 0) is 0 Å². The summed E-state index contributed by atoms with van der Waals surface area (Å²) in [6.07, 6.45) is 6.94. The first-order valence-corrected chi connectivity index (χ1v) is 6.75. The Morgan fingerprint density at radius 1 is 1.06 bits per heavy atom. The quantitative estimate of drug-likeness (QED) is 0.748. The van der Waals surface area contributed by atoms with Gasteiger partial charge in [0.15, 0.2) is 0 Å². The number of hydrogen-bond acceptors (Lipinski definition) is 2. The van der Waals surface area contributed by atoms with Crippen molar-refractivity contribution in [2.24, 2.45) is 0 Å². The molecule has 2 aromatic rings. The predicted molar refractivity (Wildman–Crippen MR) is 76.2 cm³/mol. The summed E-state index contributed by atoms with van der Waals surface area (Å²) in [5.74, 6) is 1.07. The van der Waals surface area contributed by atoms with Gasteiger partial charge in [0.25, 0.3) is 0 Å². The van der Waals surface area contributed by atoms with Crippen molar-refractivity contribution in [3.05, 3.63) is 42.6 Å². The van der Waals surface area contributed by atoms with E-state index in [4.69, 9.17) is 0 Å². The number of hydrogen-bond donors (Lipinski definition) is 1. The predicted octanol–water partition coefficient (Wildman–Crippen LogP) is 3.86. The van der Waals surface area contributed by atoms with E-state index < -0.39 is 0 Å². The third-order valence-corrected chi connectivity index (χ3v) is 2.98. The van der Waals surface area contributed by atoms with Gasteiger partial charge >= 0.3 is 0 Å². The third kappa shape index (κ3) is 3.36. The number of nitrogens with one attached hydrogen (secondary N) is 1. The fraction of sp³-hybridized carbons (Fsp3) is 0.400. The van der Waals surface area contributed by atoms with E-state index >= 15 is 0 Å². The molecule has 0 aliphatic heterocycles. The zero-order chi connectivity index (χ0) is 12.6. The molecule has 0 saturated heterocycles. The van der Waals surface area contributed by atoms with Gasteiger partial charge in [0.1, 0.15) is 5.82 Å². The van der Waals surface area contributed by atoms with Gasteiger partial charge in [0, 0.05) is 12.6 Å². The van der Waals surface area contributed by atoms with Crippen molar-refractivity contribution in [3.8, 4) is 5.69 Å². The van der Waals surface area contributed by atoms with Crippen LogP contribution in [0.25, 0.3) is 5.69 Å². The molecule has 3 heteroatoms. The van der Waals surface area contributed by atoms with Crippen molar-refractivity contribution in [1.29, 1.82) is 0 Å². The molecule has 0 amide bonds. The van der Waals surface area contributed by atoms with Gasteiger partial charge in [0.05, 0.1) is 11.9 Å².